The Hall–Kier alpha value is -3.26. The van der Waals surface area contributed by atoms with E-state index in [1.54, 1.807) is 22.9 Å². The van der Waals surface area contributed by atoms with E-state index in [4.69, 9.17) is 4.52 Å². The fourth-order valence-electron chi connectivity index (χ4n) is 3.07. The summed E-state index contributed by atoms with van der Waals surface area (Å²) in [5.74, 6) is 0.310. The van der Waals surface area contributed by atoms with Crippen molar-refractivity contribution in [1.29, 1.82) is 0 Å². The molecule has 0 bridgehead atoms. The van der Waals surface area contributed by atoms with Gasteiger partial charge in [0.05, 0.1) is 6.04 Å². The van der Waals surface area contributed by atoms with Crippen LogP contribution in [0.1, 0.15) is 18.5 Å². The van der Waals surface area contributed by atoms with Crippen LogP contribution in [0.15, 0.2) is 75.9 Å². The van der Waals surface area contributed by atoms with Crippen molar-refractivity contribution in [2.45, 2.75) is 19.5 Å². The zero-order valence-electron chi connectivity index (χ0n) is 16.0. The molecule has 152 valence electrons. The molecular formula is C22H18BrFN4O2. The summed E-state index contributed by atoms with van der Waals surface area (Å²) in [7, 11) is 0. The van der Waals surface area contributed by atoms with Gasteiger partial charge in [0.1, 0.15) is 18.1 Å². The molecule has 4 rings (SSSR count). The highest BCUT2D eigenvalue weighted by molar-refractivity contribution is 9.10. The fourth-order valence-corrected chi connectivity index (χ4v) is 3.33. The second-order valence-electron chi connectivity index (χ2n) is 6.79. The third kappa shape index (κ3) is 4.49. The van der Waals surface area contributed by atoms with Crippen LogP contribution in [0.4, 0.5) is 4.39 Å². The number of nitrogens with one attached hydrogen (secondary N) is 1. The number of carbonyl (C=O) groups is 1. The van der Waals surface area contributed by atoms with Crippen molar-refractivity contribution in [2.24, 2.45) is 0 Å². The molecule has 0 fully saturated rings. The average molecular weight is 469 g/mol. The molecule has 0 aliphatic heterocycles. The van der Waals surface area contributed by atoms with E-state index in [2.05, 4.69) is 31.4 Å². The Balaban J connectivity index is 1.46. The van der Waals surface area contributed by atoms with Gasteiger partial charge >= 0.3 is 0 Å². The summed E-state index contributed by atoms with van der Waals surface area (Å²) in [5, 5.41) is 6.96. The number of carbonyl (C=O) groups excluding carboxylic acids is 1. The van der Waals surface area contributed by atoms with Crippen LogP contribution in [-0.2, 0) is 11.3 Å². The van der Waals surface area contributed by atoms with Gasteiger partial charge in [-0.2, -0.15) is 4.98 Å². The lowest BCUT2D eigenvalue weighted by molar-refractivity contribution is -0.122. The Morgan fingerprint density at radius 2 is 1.90 bits per heavy atom. The van der Waals surface area contributed by atoms with Gasteiger partial charge in [-0.05, 0) is 61.0 Å². The lowest BCUT2D eigenvalue weighted by atomic mass is 10.1. The van der Waals surface area contributed by atoms with E-state index < -0.39 is 0 Å². The molecule has 4 aromatic rings. The molecule has 0 unspecified atom stereocenters. The second-order valence-corrected chi connectivity index (χ2v) is 7.71. The predicted molar refractivity (Wildman–Crippen MR) is 114 cm³/mol. The zero-order chi connectivity index (χ0) is 21.1. The van der Waals surface area contributed by atoms with E-state index in [1.165, 1.54) is 12.1 Å². The number of hydrogen-bond donors (Lipinski definition) is 1. The van der Waals surface area contributed by atoms with Crippen LogP contribution >= 0.6 is 15.9 Å². The van der Waals surface area contributed by atoms with Gasteiger partial charge in [0.15, 0.2) is 0 Å². The van der Waals surface area contributed by atoms with Gasteiger partial charge in [-0.3, -0.25) is 4.79 Å². The number of rotatable bonds is 6. The number of halogens is 2. The van der Waals surface area contributed by atoms with Crippen molar-refractivity contribution in [3.63, 3.8) is 0 Å². The average Bonchev–Trinajstić information content (AvgIpc) is 3.38. The second kappa shape index (κ2) is 8.62. The van der Waals surface area contributed by atoms with Crippen molar-refractivity contribution in [1.82, 2.24) is 20.0 Å². The molecule has 1 N–H and O–H groups in total. The molecule has 30 heavy (non-hydrogen) atoms. The Labute approximate surface area is 180 Å². The molecule has 0 aliphatic rings. The van der Waals surface area contributed by atoms with Crippen LogP contribution in [0.5, 0.6) is 0 Å². The maximum absolute atomic E-state index is 13.1. The number of amides is 1. The summed E-state index contributed by atoms with van der Waals surface area (Å²) in [6, 6.07) is 17.0. The van der Waals surface area contributed by atoms with E-state index in [0.29, 0.717) is 17.4 Å². The first-order chi connectivity index (χ1) is 14.5. The van der Waals surface area contributed by atoms with E-state index in [1.807, 2.05) is 43.3 Å². The van der Waals surface area contributed by atoms with Crippen molar-refractivity contribution in [3.8, 4) is 23.0 Å². The van der Waals surface area contributed by atoms with Gasteiger partial charge < -0.3 is 14.4 Å². The summed E-state index contributed by atoms with van der Waals surface area (Å²) in [5.41, 5.74) is 2.31. The lowest BCUT2D eigenvalue weighted by Crippen LogP contribution is -2.30. The van der Waals surface area contributed by atoms with Crippen LogP contribution in [0, 0.1) is 5.82 Å². The molecule has 0 aliphatic carbocycles. The maximum atomic E-state index is 13.1. The van der Waals surface area contributed by atoms with Crippen LogP contribution in [0.3, 0.4) is 0 Å². The molecule has 0 saturated carbocycles. The summed E-state index contributed by atoms with van der Waals surface area (Å²) >= 11 is 3.40. The minimum atomic E-state index is -0.309. The Bertz CT molecular complexity index is 1150. The third-order valence-electron chi connectivity index (χ3n) is 4.64. The number of benzene rings is 2. The maximum Gasteiger partial charge on any atom is 0.274 e. The fraction of sp³-hybridized carbons (Fsp3) is 0.136. The largest absolute Gasteiger partial charge is 0.348 e. The summed E-state index contributed by atoms with van der Waals surface area (Å²) in [4.78, 5) is 17.0. The summed E-state index contributed by atoms with van der Waals surface area (Å²) in [6.07, 6.45) is 1.78. The molecule has 1 atom stereocenters. The van der Waals surface area contributed by atoms with Gasteiger partial charge in [-0.25, -0.2) is 4.39 Å². The Kier molecular flexibility index (Phi) is 5.76. The molecule has 2 aromatic heterocycles. The molecule has 0 spiro atoms. The van der Waals surface area contributed by atoms with E-state index in [9.17, 15) is 9.18 Å². The molecular weight excluding hydrogens is 451 g/mol. The minimum absolute atomic E-state index is 0.0872. The Morgan fingerprint density at radius 1 is 1.17 bits per heavy atom. The van der Waals surface area contributed by atoms with Crippen LogP contribution in [0.2, 0.25) is 0 Å². The first-order valence-electron chi connectivity index (χ1n) is 9.29. The molecule has 6 nitrogen and oxygen atoms in total. The molecule has 2 heterocycles. The topological polar surface area (TPSA) is 73.0 Å². The highest BCUT2D eigenvalue weighted by Crippen LogP contribution is 2.24. The molecule has 8 heteroatoms. The third-order valence-corrected chi connectivity index (χ3v) is 5.17. The monoisotopic (exact) mass is 468 g/mol. The lowest BCUT2D eigenvalue weighted by Gasteiger charge is -2.15. The van der Waals surface area contributed by atoms with Gasteiger partial charge in [0.25, 0.3) is 5.89 Å². The molecule has 0 radical (unpaired) electrons. The Morgan fingerprint density at radius 3 is 2.63 bits per heavy atom. The highest BCUT2D eigenvalue weighted by Gasteiger charge is 2.16. The van der Waals surface area contributed by atoms with Crippen molar-refractivity contribution in [2.75, 3.05) is 0 Å². The van der Waals surface area contributed by atoms with Crippen molar-refractivity contribution >= 4 is 21.8 Å². The van der Waals surface area contributed by atoms with Crippen molar-refractivity contribution in [3.05, 3.63) is 82.7 Å². The number of nitrogens with zero attached hydrogens (tertiary/aromatic N) is 3. The van der Waals surface area contributed by atoms with E-state index >= 15 is 0 Å². The molecule has 2 aromatic carbocycles. The molecule has 1 amide bonds. The smallest absolute Gasteiger partial charge is 0.274 e. The van der Waals surface area contributed by atoms with Gasteiger partial charge in [0.2, 0.25) is 11.7 Å². The van der Waals surface area contributed by atoms with Gasteiger partial charge in [-0.1, -0.05) is 33.2 Å². The first-order valence-corrected chi connectivity index (χ1v) is 10.1. The van der Waals surface area contributed by atoms with Gasteiger partial charge in [0, 0.05) is 16.2 Å². The van der Waals surface area contributed by atoms with Crippen LogP contribution in [-0.4, -0.2) is 20.6 Å². The number of hydrogen-bond acceptors (Lipinski definition) is 4. The predicted octanol–water partition coefficient (Wildman–Crippen LogP) is 4.98. The zero-order valence-corrected chi connectivity index (χ0v) is 17.6. The summed E-state index contributed by atoms with van der Waals surface area (Å²) in [6.45, 7) is 1.94. The standard InChI is InChI=1S/C22H18BrFN4O2/c1-14(15-6-10-18(24)11-7-15)25-20(29)13-28-12-2-3-19(28)22-26-21(27-30-22)16-4-8-17(23)9-5-16/h2-12,14H,13H2,1H3,(H,25,29)/t14-/m1/s1. The van der Waals surface area contributed by atoms with E-state index in [0.717, 1.165) is 15.6 Å². The first kappa shape index (κ1) is 20.0. The summed E-state index contributed by atoms with van der Waals surface area (Å²) < 4.78 is 21.2. The normalized spacial score (nSPS) is 12.0. The van der Waals surface area contributed by atoms with Gasteiger partial charge in [-0.15, -0.1) is 0 Å². The van der Waals surface area contributed by atoms with Crippen LogP contribution in [0.25, 0.3) is 23.0 Å². The molecule has 0 saturated heterocycles. The minimum Gasteiger partial charge on any atom is -0.348 e. The highest BCUT2D eigenvalue weighted by atomic mass is 79.9. The number of aromatic nitrogens is 3. The SMILES string of the molecule is C[C@@H](NC(=O)Cn1cccc1-c1nc(-c2ccc(Br)cc2)no1)c1ccc(F)cc1. The van der Waals surface area contributed by atoms with Crippen LogP contribution < -0.4 is 5.32 Å². The van der Waals surface area contributed by atoms with E-state index in [-0.39, 0.29) is 24.3 Å². The quantitative estimate of drug-likeness (QED) is 0.432. The van der Waals surface area contributed by atoms with Crippen molar-refractivity contribution < 1.29 is 13.7 Å².